The zero-order valence-electron chi connectivity index (χ0n) is 14.5. The number of imidazole rings is 1. The third kappa shape index (κ3) is 2.54. The summed E-state index contributed by atoms with van der Waals surface area (Å²) in [6.07, 6.45) is 4.56. The van der Waals surface area contributed by atoms with Crippen molar-refractivity contribution in [1.29, 1.82) is 0 Å². The summed E-state index contributed by atoms with van der Waals surface area (Å²) in [4.78, 5) is 16.8. The number of nitrogens with zero attached hydrogens (tertiary/aromatic N) is 2. The van der Waals surface area contributed by atoms with Crippen molar-refractivity contribution in [2.45, 2.75) is 63.7 Å². The molecule has 0 amide bonds. The minimum Gasteiger partial charge on any atom is -0.481 e. The number of carboxylic acids is 1. The maximum Gasteiger partial charge on any atom is 0.314 e. The quantitative estimate of drug-likeness (QED) is 0.905. The third-order valence-corrected chi connectivity index (χ3v) is 5.22. The molecule has 0 unspecified atom stereocenters. The van der Waals surface area contributed by atoms with Crippen molar-refractivity contribution in [1.82, 2.24) is 9.55 Å². The first kappa shape index (κ1) is 16.0. The SMILES string of the molecule is Cn1c(C(C)(C)C)nc2cc(C3(C(=O)O)CCCCC3)ccc21. The molecule has 1 aromatic heterocycles. The van der Waals surface area contributed by atoms with Crippen molar-refractivity contribution >= 4 is 17.0 Å². The number of rotatable bonds is 2. The fourth-order valence-corrected chi connectivity index (χ4v) is 3.95. The van der Waals surface area contributed by atoms with E-state index in [4.69, 9.17) is 4.98 Å². The Balaban J connectivity index is 2.14. The van der Waals surface area contributed by atoms with E-state index in [-0.39, 0.29) is 5.41 Å². The van der Waals surface area contributed by atoms with E-state index in [2.05, 4.69) is 25.3 Å². The average Bonchev–Trinajstić information content (AvgIpc) is 2.84. The zero-order chi connectivity index (χ0) is 16.8. The molecule has 1 aliphatic rings. The van der Waals surface area contributed by atoms with Crippen molar-refractivity contribution < 1.29 is 9.90 Å². The molecule has 4 heteroatoms. The average molecular weight is 314 g/mol. The second-order valence-electron chi connectivity index (χ2n) is 7.90. The Bertz CT molecular complexity index is 747. The molecule has 0 aliphatic heterocycles. The van der Waals surface area contributed by atoms with E-state index in [1.165, 1.54) is 0 Å². The van der Waals surface area contributed by atoms with Crippen LogP contribution in [0.1, 0.15) is 64.3 Å². The largest absolute Gasteiger partial charge is 0.481 e. The van der Waals surface area contributed by atoms with Crippen LogP contribution in [0, 0.1) is 0 Å². The first-order valence-corrected chi connectivity index (χ1v) is 8.46. The van der Waals surface area contributed by atoms with E-state index in [0.29, 0.717) is 0 Å². The summed E-state index contributed by atoms with van der Waals surface area (Å²) in [5, 5.41) is 9.88. The Morgan fingerprint density at radius 1 is 1.22 bits per heavy atom. The molecule has 0 bridgehead atoms. The van der Waals surface area contributed by atoms with Crippen LogP contribution in [0.4, 0.5) is 0 Å². The van der Waals surface area contributed by atoms with Gasteiger partial charge in [-0.15, -0.1) is 0 Å². The number of hydrogen-bond donors (Lipinski definition) is 1. The number of aromatic nitrogens is 2. The molecule has 1 heterocycles. The summed E-state index contributed by atoms with van der Waals surface area (Å²) < 4.78 is 2.12. The van der Waals surface area contributed by atoms with Crippen LogP contribution in [0.15, 0.2) is 18.2 Å². The van der Waals surface area contributed by atoms with E-state index in [0.717, 1.165) is 54.5 Å². The number of hydrogen-bond acceptors (Lipinski definition) is 2. The van der Waals surface area contributed by atoms with Crippen molar-refractivity contribution in [2.75, 3.05) is 0 Å². The van der Waals surface area contributed by atoms with Crippen LogP contribution in [0.3, 0.4) is 0 Å². The number of carboxylic acid groups (broad SMARTS) is 1. The topological polar surface area (TPSA) is 55.1 Å². The van der Waals surface area contributed by atoms with Gasteiger partial charge in [-0.25, -0.2) is 4.98 Å². The third-order valence-electron chi connectivity index (χ3n) is 5.22. The fraction of sp³-hybridized carbons (Fsp3) is 0.579. The number of carbonyl (C=O) groups is 1. The van der Waals surface area contributed by atoms with Crippen LogP contribution in [-0.2, 0) is 22.7 Å². The fourth-order valence-electron chi connectivity index (χ4n) is 3.95. The Kier molecular flexibility index (Phi) is 3.74. The first-order valence-electron chi connectivity index (χ1n) is 8.46. The predicted molar refractivity (Wildman–Crippen MR) is 91.8 cm³/mol. The second-order valence-corrected chi connectivity index (χ2v) is 7.90. The van der Waals surface area contributed by atoms with E-state index in [9.17, 15) is 9.90 Å². The van der Waals surface area contributed by atoms with Crippen molar-refractivity contribution in [2.24, 2.45) is 7.05 Å². The summed E-state index contributed by atoms with van der Waals surface area (Å²) in [7, 11) is 2.03. The summed E-state index contributed by atoms with van der Waals surface area (Å²) in [5.74, 6) is 0.334. The van der Waals surface area contributed by atoms with Crippen LogP contribution < -0.4 is 0 Å². The Hall–Kier alpha value is -1.84. The highest BCUT2D eigenvalue weighted by Crippen LogP contribution is 2.41. The molecule has 1 aliphatic carbocycles. The van der Waals surface area contributed by atoms with Crippen LogP contribution >= 0.6 is 0 Å². The second kappa shape index (κ2) is 5.36. The minimum absolute atomic E-state index is 0.0384. The number of aliphatic carboxylic acids is 1. The number of benzene rings is 1. The van der Waals surface area contributed by atoms with Gasteiger partial charge in [0.25, 0.3) is 0 Å². The van der Waals surface area contributed by atoms with E-state index in [1.54, 1.807) is 0 Å². The minimum atomic E-state index is -0.730. The van der Waals surface area contributed by atoms with Gasteiger partial charge >= 0.3 is 5.97 Å². The van der Waals surface area contributed by atoms with Gasteiger partial charge in [0, 0.05) is 12.5 Å². The molecule has 1 N–H and O–H groups in total. The summed E-state index contributed by atoms with van der Waals surface area (Å²) in [5.41, 5.74) is 2.11. The van der Waals surface area contributed by atoms with Gasteiger partial charge in [0.15, 0.2) is 0 Å². The molecule has 23 heavy (non-hydrogen) atoms. The summed E-state index contributed by atoms with van der Waals surface area (Å²) in [6.45, 7) is 6.44. The molecule has 0 spiro atoms. The molecule has 3 rings (SSSR count). The molecule has 2 aromatic rings. The molecular weight excluding hydrogens is 288 g/mol. The Morgan fingerprint density at radius 2 is 1.87 bits per heavy atom. The first-order chi connectivity index (χ1) is 10.8. The molecule has 0 radical (unpaired) electrons. The lowest BCUT2D eigenvalue weighted by Crippen LogP contribution is -2.37. The standard InChI is InChI=1S/C19H26N2O2/c1-18(2,3)16-20-14-12-13(8-9-15(14)21(16)4)19(17(22)23)10-6-5-7-11-19/h8-9,12H,5-7,10-11H2,1-4H3,(H,22,23). The van der Waals surface area contributed by atoms with E-state index >= 15 is 0 Å². The maximum atomic E-state index is 12.0. The highest BCUT2D eigenvalue weighted by atomic mass is 16.4. The van der Waals surface area contributed by atoms with Crippen molar-refractivity contribution in [3.8, 4) is 0 Å². The van der Waals surface area contributed by atoms with E-state index < -0.39 is 11.4 Å². The molecule has 4 nitrogen and oxygen atoms in total. The van der Waals surface area contributed by atoms with Gasteiger partial charge in [-0.2, -0.15) is 0 Å². The van der Waals surface area contributed by atoms with Crippen LogP contribution in [0.2, 0.25) is 0 Å². The van der Waals surface area contributed by atoms with Crippen LogP contribution in [0.25, 0.3) is 11.0 Å². The molecule has 1 saturated carbocycles. The van der Waals surface area contributed by atoms with Gasteiger partial charge in [0.05, 0.1) is 16.4 Å². The van der Waals surface area contributed by atoms with Crippen molar-refractivity contribution in [3.05, 3.63) is 29.6 Å². The monoisotopic (exact) mass is 314 g/mol. The summed E-state index contributed by atoms with van der Waals surface area (Å²) in [6, 6.07) is 6.03. The van der Waals surface area contributed by atoms with Gasteiger partial charge in [-0.3, -0.25) is 4.79 Å². The normalized spacial score (nSPS) is 18.3. The smallest absolute Gasteiger partial charge is 0.314 e. The Labute approximate surface area is 137 Å². The highest BCUT2D eigenvalue weighted by Gasteiger charge is 2.41. The van der Waals surface area contributed by atoms with Gasteiger partial charge in [-0.1, -0.05) is 46.1 Å². The van der Waals surface area contributed by atoms with Gasteiger partial charge in [0.2, 0.25) is 0 Å². The lowest BCUT2D eigenvalue weighted by atomic mass is 9.69. The molecule has 0 saturated heterocycles. The summed E-state index contributed by atoms with van der Waals surface area (Å²) >= 11 is 0. The van der Waals surface area contributed by atoms with Gasteiger partial charge in [0.1, 0.15) is 5.82 Å². The highest BCUT2D eigenvalue weighted by molar-refractivity contribution is 5.85. The van der Waals surface area contributed by atoms with Crippen LogP contribution in [-0.4, -0.2) is 20.6 Å². The van der Waals surface area contributed by atoms with Crippen LogP contribution in [0.5, 0.6) is 0 Å². The van der Waals surface area contributed by atoms with Crippen molar-refractivity contribution in [3.63, 3.8) is 0 Å². The Morgan fingerprint density at radius 3 is 2.43 bits per heavy atom. The molecule has 0 atom stereocenters. The zero-order valence-corrected chi connectivity index (χ0v) is 14.5. The lowest BCUT2D eigenvalue weighted by Gasteiger charge is -2.33. The number of aryl methyl sites for hydroxylation is 1. The molecule has 1 fully saturated rings. The lowest BCUT2D eigenvalue weighted by molar-refractivity contribution is -0.145. The molecule has 1 aromatic carbocycles. The molecular formula is C19H26N2O2. The molecule has 124 valence electrons. The van der Waals surface area contributed by atoms with E-state index in [1.807, 2.05) is 25.2 Å². The van der Waals surface area contributed by atoms with Gasteiger partial charge in [-0.05, 0) is 30.5 Å². The number of fused-ring (bicyclic) bond motifs is 1. The van der Waals surface area contributed by atoms with Gasteiger partial charge < -0.3 is 9.67 Å². The maximum absolute atomic E-state index is 12.0. The predicted octanol–water partition coefficient (Wildman–Crippen LogP) is 4.16.